The van der Waals surface area contributed by atoms with Crippen molar-refractivity contribution in [2.45, 2.75) is 52.7 Å². The zero-order chi connectivity index (χ0) is 17.3. The van der Waals surface area contributed by atoms with E-state index >= 15 is 0 Å². The molecule has 0 aliphatic carbocycles. The van der Waals surface area contributed by atoms with Crippen LogP contribution in [0, 0.1) is 0 Å². The lowest BCUT2D eigenvalue weighted by molar-refractivity contribution is 0.0534. The highest BCUT2D eigenvalue weighted by Gasteiger charge is 2.14. The molecule has 23 heavy (non-hydrogen) atoms. The van der Waals surface area contributed by atoms with Crippen LogP contribution in [-0.4, -0.2) is 24.8 Å². The van der Waals surface area contributed by atoms with Crippen LogP contribution in [0.4, 0.5) is 4.79 Å². The van der Waals surface area contributed by atoms with E-state index < -0.39 is 5.60 Å². The second-order valence-corrected chi connectivity index (χ2v) is 6.58. The first-order chi connectivity index (χ1) is 10.8. The number of alkyl carbamates (subject to hydrolysis) is 1. The van der Waals surface area contributed by atoms with Crippen LogP contribution < -0.4 is 10.6 Å². The van der Waals surface area contributed by atoms with Gasteiger partial charge >= 0.3 is 6.09 Å². The van der Waals surface area contributed by atoms with E-state index in [-0.39, 0.29) is 6.09 Å². The molecule has 0 saturated carbocycles. The van der Waals surface area contributed by atoms with Crippen LogP contribution in [0.5, 0.6) is 0 Å². The highest BCUT2D eigenvalue weighted by molar-refractivity contribution is 5.67. The van der Waals surface area contributed by atoms with E-state index in [0.29, 0.717) is 12.6 Å². The lowest BCUT2D eigenvalue weighted by Crippen LogP contribution is -2.32. The molecule has 0 fully saturated rings. The van der Waals surface area contributed by atoms with Gasteiger partial charge in [-0.05, 0) is 45.2 Å². The van der Waals surface area contributed by atoms with Gasteiger partial charge in [0.25, 0.3) is 0 Å². The molecule has 4 heteroatoms. The Kier molecular flexibility index (Phi) is 7.83. The fourth-order valence-corrected chi connectivity index (χ4v) is 2.03. The third-order valence-electron chi connectivity index (χ3n) is 3.36. The Hall–Kier alpha value is -1.81. The number of hydrogen-bond donors (Lipinski definition) is 2. The van der Waals surface area contributed by atoms with Crippen LogP contribution in [0.2, 0.25) is 0 Å². The SMILES string of the molecule is CCc1ccc(C(C)NC/C=C/CNC(=O)OC(C)(C)C)cc1. The Morgan fingerprint density at radius 3 is 2.35 bits per heavy atom. The molecule has 0 spiro atoms. The first-order valence-corrected chi connectivity index (χ1v) is 8.26. The second-order valence-electron chi connectivity index (χ2n) is 6.58. The molecule has 1 amide bonds. The largest absolute Gasteiger partial charge is 0.444 e. The molecule has 1 aromatic rings. The fraction of sp³-hybridized carbons (Fsp3) is 0.526. The van der Waals surface area contributed by atoms with Crippen molar-refractivity contribution in [1.29, 1.82) is 0 Å². The molecule has 1 aromatic carbocycles. The quantitative estimate of drug-likeness (QED) is 0.748. The van der Waals surface area contributed by atoms with Gasteiger partial charge in [0.1, 0.15) is 5.60 Å². The van der Waals surface area contributed by atoms with Gasteiger partial charge < -0.3 is 15.4 Å². The maximum absolute atomic E-state index is 11.5. The maximum Gasteiger partial charge on any atom is 0.407 e. The van der Waals surface area contributed by atoms with Gasteiger partial charge in [-0.1, -0.05) is 43.3 Å². The van der Waals surface area contributed by atoms with E-state index in [1.807, 2.05) is 32.9 Å². The molecular formula is C19H30N2O2. The minimum Gasteiger partial charge on any atom is -0.444 e. The number of amides is 1. The van der Waals surface area contributed by atoms with Gasteiger partial charge in [-0.2, -0.15) is 0 Å². The average molecular weight is 318 g/mol. The highest BCUT2D eigenvalue weighted by Crippen LogP contribution is 2.13. The van der Waals surface area contributed by atoms with Gasteiger partial charge in [-0.25, -0.2) is 4.79 Å². The summed E-state index contributed by atoms with van der Waals surface area (Å²) in [5.74, 6) is 0. The average Bonchev–Trinajstić information content (AvgIpc) is 2.48. The summed E-state index contributed by atoms with van der Waals surface area (Å²) in [4.78, 5) is 11.5. The molecule has 1 atom stereocenters. The summed E-state index contributed by atoms with van der Waals surface area (Å²) in [5.41, 5.74) is 2.18. The van der Waals surface area contributed by atoms with E-state index in [1.54, 1.807) is 0 Å². The number of nitrogens with one attached hydrogen (secondary N) is 2. The Morgan fingerprint density at radius 2 is 1.78 bits per heavy atom. The fourth-order valence-electron chi connectivity index (χ4n) is 2.03. The minimum atomic E-state index is -0.460. The zero-order valence-electron chi connectivity index (χ0n) is 15.0. The summed E-state index contributed by atoms with van der Waals surface area (Å²) in [5, 5.41) is 6.13. The van der Waals surface area contributed by atoms with Crippen molar-refractivity contribution in [3.8, 4) is 0 Å². The molecule has 0 bridgehead atoms. The van der Waals surface area contributed by atoms with Crippen molar-refractivity contribution < 1.29 is 9.53 Å². The Morgan fingerprint density at radius 1 is 1.17 bits per heavy atom. The van der Waals surface area contributed by atoms with Crippen molar-refractivity contribution in [3.05, 3.63) is 47.5 Å². The van der Waals surface area contributed by atoms with Gasteiger partial charge in [0.05, 0.1) is 0 Å². The summed E-state index contributed by atoms with van der Waals surface area (Å²) in [6, 6.07) is 8.99. The summed E-state index contributed by atoms with van der Waals surface area (Å²) in [6.07, 6.45) is 4.60. The van der Waals surface area contributed by atoms with E-state index in [0.717, 1.165) is 13.0 Å². The van der Waals surface area contributed by atoms with Crippen LogP contribution >= 0.6 is 0 Å². The van der Waals surface area contributed by atoms with Gasteiger partial charge in [0, 0.05) is 19.1 Å². The normalized spacial score (nSPS) is 13.1. The standard InChI is InChI=1S/C19H30N2O2/c1-6-16-9-11-17(12-10-16)15(2)20-13-7-8-14-21-18(22)23-19(3,4)5/h7-12,15,20H,6,13-14H2,1-5H3,(H,21,22)/b8-7+. The van der Waals surface area contributed by atoms with E-state index in [9.17, 15) is 4.79 Å². The van der Waals surface area contributed by atoms with Crippen LogP contribution in [0.3, 0.4) is 0 Å². The van der Waals surface area contributed by atoms with Crippen LogP contribution in [0.1, 0.15) is 51.8 Å². The molecule has 1 unspecified atom stereocenters. The maximum atomic E-state index is 11.5. The number of carbonyl (C=O) groups is 1. The molecule has 0 aliphatic rings. The van der Waals surface area contributed by atoms with E-state index in [1.165, 1.54) is 11.1 Å². The number of benzene rings is 1. The van der Waals surface area contributed by atoms with Crippen molar-refractivity contribution in [1.82, 2.24) is 10.6 Å². The molecule has 0 aliphatic heterocycles. The highest BCUT2D eigenvalue weighted by atomic mass is 16.6. The third-order valence-corrected chi connectivity index (χ3v) is 3.36. The lowest BCUT2D eigenvalue weighted by Gasteiger charge is -2.19. The molecule has 0 saturated heterocycles. The van der Waals surface area contributed by atoms with Gasteiger partial charge in [-0.3, -0.25) is 0 Å². The number of rotatable bonds is 7. The number of carbonyl (C=O) groups excluding carboxylic acids is 1. The topological polar surface area (TPSA) is 50.4 Å². The predicted molar refractivity (Wildman–Crippen MR) is 95.6 cm³/mol. The monoisotopic (exact) mass is 318 g/mol. The number of ether oxygens (including phenoxy) is 1. The summed E-state index contributed by atoms with van der Waals surface area (Å²) in [7, 11) is 0. The second kappa shape index (κ2) is 9.36. The van der Waals surface area contributed by atoms with Gasteiger partial charge in [-0.15, -0.1) is 0 Å². The first kappa shape index (κ1) is 19.2. The molecule has 1 rings (SSSR count). The van der Waals surface area contributed by atoms with E-state index in [2.05, 4.69) is 48.7 Å². The number of aryl methyl sites for hydroxylation is 1. The molecule has 128 valence electrons. The summed E-state index contributed by atoms with van der Waals surface area (Å²) in [6.45, 7) is 11.1. The smallest absolute Gasteiger partial charge is 0.407 e. The minimum absolute atomic E-state index is 0.296. The van der Waals surface area contributed by atoms with Crippen molar-refractivity contribution in [2.75, 3.05) is 13.1 Å². The molecule has 0 radical (unpaired) electrons. The molecule has 4 nitrogen and oxygen atoms in total. The van der Waals surface area contributed by atoms with Crippen molar-refractivity contribution in [2.24, 2.45) is 0 Å². The number of hydrogen-bond acceptors (Lipinski definition) is 3. The Bertz CT molecular complexity index is 501. The van der Waals surface area contributed by atoms with Crippen molar-refractivity contribution in [3.63, 3.8) is 0 Å². The predicted octanol–water partition coefficient (Wildman–Crippen LogP) is 3.98. The van der Waals surface area contributed by atoms with E-state index in [4.69, 9.17) is 4.74 Å². The summed E-state index contributed by atoms with van der Waals surface area (Å²) < 4.78 is 5.16. The Balaban J connectivity index is 2.23. The first-order valence-electron chi connectivity index (χ1n) is 8.26. The van der Waals surface area contributed by atoms with Crippen LogP contribution in [0.25, 0.3) is 0 Å². The van der Waals surface area contributed by atoms with Crippen LogP contribution in [-0.2, 0) is 11.2 Å². The molecule has 2 N–H and O–H groups in total. The van der Waals surface area contributed by atoms with Crippen molar-refractivity contribution >= 4 is 6.09 Å². The molecule has 0 aromatic heterocycles. The lowest BCUT2D eigenvalue weighted by atomic mass is 10.1. The zero-order valence-corrected chi connectivity index (χ0v) is 15.0. The molecular weight excluding hydrogens is 288 g/mol. The van der Waals surface area contributed by atoms with Gasteiger partial charge in [0.2, 0.25) is 0 Å². The van der Waals surface area contributed by atoms with Gasteiger partial charge in [0.15, 0.2) is 0 Å². The summed E-state index contributed by atoms with van der Waals surface area (Å²) >= 11 is 0. The molecule has 0 heterocycles. The van der Waals surface area contributed by atoms with Crippen LogP contribution in [0.15, 0.2) is 36.4 Å². The Labute approximate surface area is 140 Å². The third kappa shape index (κ3) is 8.41.